The van der Waals surface area contributed by atoms with Gasteiger partial charge in [-0.1, -0.05) is 0 Å². The summed E-state index contributed by atoms with van der Waals surface area (Å²) in [6, 6.07) is 7.27. The minimum absolute atomic E-state index is 0.127. The number of nitrogens with one attached hydrogen (secondary N) is 1. The fourth-order valence-corrected chi connectivity index (χ4v) is 1.07. The largest absolute Gasteiger partial charge is 0.399 e. The monoisotopic (exact) mass is 193 g/mol. The molecule has 4 nitrogen and oxygen atoms in total. The van der Waals surface area contributed by atoms with E-state index < -0.39 is 0 Å². The van der Waals surface area contributed by atoms with Gasteiger partial charge in [0.25, 0.3) is 0 Å². The molecule has 0 spiro atoms. The van der Waals surface area contributed by atoms with Crippen molar-refractivity contribution in [1.29, 1.82) is 0 Å². The molecule has 1 aromatic rings. The average molecular weight is 193 g/mol. The van der Waals surface area contributed by atoms with Crippen LogP contribution in [0.1, 0.15) is 19.4 Å². The van der Waals surface area contributed by atoms with E-state index in [1.54, 1.807) is 24.3 Å². The van der Waals surface area contributed by atoms with Crippen LogP contribution in [-0.2, 0) is 0 Å². The fraction of sp³-hybridized carbons (Fsp3) is 0.300. The molecule has 0 aliphatic heterocycles. The van der Waals surface area contributed by atoms with Crippen LogP contribution in [0.2, 0.25) is 0 Å². The number of benzene rings is 1. The number of hydrogen-bond acceptors (Lipinski definition) is 3. The molecule has 0 fully saturated rings. The SMILES string of the molecule is CC(C)N=C(NO)c1ccc(N)cc1. The lowest BCUT2D eigenvalue weighted by Gasteiger charge is -2.06. The van der Waals surface area contributed by atoms with Gasteiger partial charge in [0.1, 0.15) is 0 Å². The molecular weight excluding hydrogens is 178 g/mol. The number of nitrogens with zero attached hydrogens (tertiary/aromatic N) is 1. The van der Waals surface area contributed by atoms with Gasteiger partial charge in [-0.25, -0.2) is 0 Å². The first-order valence-electron chi connectivity index (χ1n) is 4.47. The Hall–Kier alpha value is -1.55. The first-order chi connectivity index (χ1) is 6.63. The van der Waals surface area contributed by atoms with E-state index in [-0.39, 0.29) is 6.04 Å². The molecule has 0 saturated carbocycles. The highest BCUT2D eigenvalue weighted by atomic mass is 16.5. The molecule has 0 heterocycles. The average Bonchev–Trinajstić information content (AvgIpc) is 2.15. The number of aliphatic imine (C=N–C) groups is 1. The van der Waals surface area contributed by atoms with Gasteiger partial charge in [0.2, 0.25) is 0 Å². The highest BCUT2D eigenvalue weighted by Gasteiger charge is 2.02. The van der Waals surface area contributed by atoms with Crippen molar-refractivity contribution in [1.82, 2.24) is 5.48 Å². The van der Waals surface area contributed by atoms with Gasteiger partial charge in [-0.15, -0.1) is 0 Å². The zero-order valence-corrected chi connectivity index (χ0v) is 8.36. The maximum atomic E-state index is 8.89. The van der Waals surface area contributed by atoms with Crippen LogP contribution in [-0.4, -0.2) is 17.1 Å². The maximum Gasteiger partial charge on any atom is 0.152 e. The second-order valence-corrected chi connectivity index (χ2v) is 3.31. The topological polar surface area (TPSA) is 70.6 Å². The fourth-order valence-electron chi connectivity index (χ4n) is 1.07. The van der Waals surface area contributed by atoms with E-state index in [0.717, 1.165) is 5.56 Å². The molecule has 14 heavy (non-hydrogen) atoms. The van der Waals surface area contributed by atoms with E-state index in [1.165, 1.54) is 0 Å². The lowest BCUT2D eigenvalue weighted by Crippen LogP contribution is -2.21. The van der Waals surface area contributed by atoms with Crippen LogP contribution in [0.4, 0.5) is 5.69 Å². The Morgan fingerprint density at radius 3 is 2.36 bits per heavy atom. The Balaban J connectivity index is 2.95. The molecule has 76 valence electrons. The van der Waals surface area contributed by atoms with Crippen molar-refractivity contribution >= 4 is 11.5 Å². The van der Waals surface area contributed by atoms with E-state index in [4.69, 9.17) is 10.9 Å². The summed E-state index contributed by atoms with van der Waals surface area (Å²) in [6.45, 7) is 3.88. The number of hydroxylamine groups is 1. The highest BCUT2D eigenvalue weighted by Crippen LogP contribution is 2.06. The number of anilines is 1. The van der Waals surface area contributed by atoms with Crippen molar-refractivity contribution in [3.05, 3.63) is 29.8 Å². The van der Waals surface area contributed by atoms with Gasteiger partial charge in [0.15, 0.2) is 5.84 Å². The van der Waals surface area contributed by atoms with Crippen LogP contribution in [0.3, 0.4) is 0 Å². The van der Waals surface area contributed by atoms with E-state index in [9.17, 15) is 0 Å². The van der Waals surface area contributed by atoms with Crippen LogP contribution >= 0.6 is 0 Å². The van der Waals surface area contributed by atoms with Crippen molar-refractivity contribution in [2.24, 2.45) is 4.99 Å². The number of nitrogen functional groups attached to an aromatic ring is 1. The summed E-state index contributed by atoms with van der Waals surface area (Å²) in [5.41, 5.74) is 9.13. The smallest absolute Gasteiger partial charge is 0.152 e. The highest BCUT2D eigenvalue weighted by molar-refractivity contribution is 5.98. The van der Waals surface area contributed by atoms with E-state index in [0.29, 0.717) is 11.5 Å². The van der Waals surface area contributed by atoms with E-state index in [2.05, 4.69) is 10.5 Å². The summed E-state index contributed by atoms with van der Waals surface area (Å²) in [6.07, 6.45) is 0. The zero-order valence-electron chi connectivity index (χ0n) is 8.36. The Morgan fingerprint density at radius 2 is 1.93 bits per heavy atom. The normalized spacial score (nSPS) is 11.9. The molecular formula is C10H15N3O. The van der Waals surface area contributed by atoms with Crippen molar-refractivity contribution in [3.8, 4) is 0 Å². The predicted molar refractivity (Wildman–Crippen MR) is 57.4 cm³/mol. The molecule has 0 aliphatic rings. The predicted octanol–water partition coefficient (Wildman–Crippen LogP) is 1.40. The molecule has 0 amide bonds. The van der Waals surface area contributed by atoms with E-state index >= 15 is 0 Å². The molecule has 1 aromatic carbocycles. The van der Waals surface area contributed by atoms with Crippen molar-refractivity contribution in [2.45, 2.75) is 19.9 Å². The standard InChI is InChI=1S/C10H15N3O/c1-7(2)12-10(13-14)8-3-5-9(11)6-4-8/h3-7,14H,11H2,1-2H3,(H,12,13). The van der Waals surface area contributed by atoms with Gasteiger partial charge in [-0.2, -0.15) is 0 Å². The van der Waals surface area contributed by atoms with Crippen LogP contribution < -0.4 is 11.2 Å². The van der Waals surface area contributed by atoms with Crippen LogP contribution in [0.25, 0.3) is 0 Å². The summed E-state index contributed by atoms with van der Waals surface area (Å²) in [7, 11) is 0. The third-order valence-corrected chi connectivity index (χ3v) is 1.68. The summed E-state index contributed by atoms with van der Waals surface area (Å²) in [5, 5.41) is 8.89. The van der Waals surface area contributed by atoms with Crippen LogP contribution in [0, 0.1) is 0 Å². The molecule has 0 radical (unpaired) electrons. The number of nitrogens with two attached hydrogens (primary N) is 1. The van der Waals surface area contributed by atoms with E-state index in [1.807, 2.05) is 13.8 Å². The third-order valence-electron chi connectivity index (χ3n) is 1.68. The lowest BCUT2D eigenvalue weighted by molar-refractivity contribution is 0.234. The van der Waals surface area contributed by atoms with Crippen LogP contribution in [0.15, 0.2) is 29.3 Å². The number of amidine groups is 1. The quantitative estimate of drug-likeness (QED) is 0.288. The molecule has 1 rings (SSSR count). The maximum absolute atomic E-state index is 8.89. The second-order valence-electron chi connectivity index (χ2n) is 3.31. The van der Waals surface area contributed by atoms with Gasteiger partial charge < -0.3 is 5.73 Å². The molecule has 0 aliphatic carbocycles. The van der Waals surface area contributed by atoms with Crippen molar-refractivity contribution in [3.63, 3.8) is 0 Å². The first-order valence-corrected chi connectivity index (χ1v) is 4.47. The van der Waals surface area contributed by atoms with Gasteiger partial charge in [0, 0.05) is 17.3 Å². The summed E-state index contributed by atoms with van der Waals surface area (Å²) < 4.78 is 0. The Kier molecular flexibility index (Phi) is 3.48. The molecule has 0 atom stereocenters. The summed E-state index contributed by atoms with van der Waals surface area (Å²) in [5.74, 6) is 0.458. The van der Waals surface area contributed by atoms with Gasteiger partial charge in [0.05, 0.1) is 0 Å². The third kappa shape index (κ3) is 2.74. The molecule has 0 saturated heterocycles. The summed E-state index contributed by atoms with van der Waals surface area (Å²) in [4.78, 5) is 4.21. The number of rotatable bonds is 2. The summed E-state index contributed by atoms with van der Waals surface area (Å²) >= 11 is 0. The molecule has 4 heteroatoms. The number of hydrogen-bond donors (Lipinski definition) is 3. The molecule has 0 aromatic heterocycles. The minimum atomic E-state index is 0.127. The van der Waals surface area contributed by atoms with Crippen molar-refractivity contribution in [2.75, 3.05) is 5.73 Å². The van der Waals surface area contributed by atoms with Crippen molar-refractivity contribution < 1.29 is 5.21 Å². The van der Waals surface area contributed by atoms with Gasteiger partial charge in [-0.3, -0.25) is 15.7 Å². The Bertz CT molecular complexity index is 317. The first kappa shape index (κ1) is 10.5. The second kappa shape index (κ2) is 4.62. The molecule has 4 N–H and O–H groups in total. The molecule has 0 unspecified atom stereocenters. The minimum Gasteiger partial charge on any atom is -0.399 e. The van der Waals surface area contributed by atoms with Gasteiger partial charge >= 0.3 is 0 Å². The zero-order chi connectivity index (χ0) is 10.6. The van der Waals surface area contributed by atoms with Crippen LogP contribution in [0.5, 0.6) is 0 Å². The lowest BCUT2D eigenvalue weighted by atomic mass is 10.2. The van der Waals surface area contributed by atoms with Gasteiger partial charge in [-0.05, 0) is 38.1 Å². The molecule has 0 bridgehead atoms. The Morgan fingerprint density at radius 1 is 1.36 bits per heavy atom. The Labute approximate surface area is 83.4 Å².